The van der Waals surface area contributed by atoms with Gasteiger partial charge < -0.3 is 4.74 Å². The molecule has 0 fully saturated rings. The summed E-state index contributed by atoms with van der Waals surface area (Å²) in [5.41, 5.74) is 4.37. The van der Waals surface area contributed by atoms with Crippen molar-refractivity contribution in [1.29, 1.82) is 0 Å². The van der Waals surface area contributed by atoms with Crippen molar-refractivity contribution in [2.75, 3.05) is 7.11 Å². The summed E-state index contributed by atoms with van der Waals surface area (Å²) in [7, 11) is 1.43. The maximum atomic E-state index is 14.8. The molecule has 1 aliphatic carbocycles. The summed E-state index contributed by atoms with van der Waals surface area (Å²) < 4.78 is 48.6. The van der Waals surface area contributed by atoms with Gasteiger partial charge in [0.25, 0.3) is 0 Å². The third kappa shape index (κ3) is 5.16. The second kappa shape index (κ2) is 10.3. The number of hydrogen-bond donors (Lipinski definition) is 0. The highest BCUT2D eigenvalue weighted by Crippen LogP contribution is 2.34. The molecule has 1 unspecified atom stereocenters. The van der Waals surface area contributed by atoms with Crippen LogP contribution in [0.4, 0.5) is 13.2 Å². The zero-order chi connectivity index (χ0) is 23.4. The predicted octanol–water partition coefficient (Wildman–Crippen LogP) is 8.16. The minimum atomic E-state index is -0.739. The number of ether oxygens (including phenoxy) is 1. The summed E-state index contributed by atoms with van der Waals surface area (Å²) in [4.78, 5) is 0. The van der Waals surface area contributed by atoms with Crippen LogP contribution in [-0.4, -0.2) is 7.11 Å². The van der Waals surface area contributed by atoms with E-state index in [1.807, 2.05) is 24.3 Å². The molecule has 3 aromatic rings. The van der Waals surface area contributed by atoms with Gasteiger partial charge in [0.15, 0.2) is 23.2 Å². The average Bonchev–Trinajstić information content (AvgIpc) is 2.85. The van der Waals surface area contributed by atoms with Crippen LogP contribution in [0.2, 0.25) is 0 Å². The average molecular weight is 451 g/mol. The van der Waals surface area contributed by atoms with E-state index >= 15 is 0 Å². The fourth-order valence-electron chi connectivity index (χ4n) is 4.52. The van der Waals surface area contributed by atoms with E-state index in [1.165, 1.54) is 13.2 Å². The molecule has 0 saturated carbocycles. The Morgan fingerprint density at radius 2 is 1.64 bits per heavy atom. The molecule has 1 aliphatic rings. The topological polar surface area (TPSA) is 9.23 Å². The molecule has 1 nitrogen and oxygen atoms in total. The van der Waals surface area contributed by atoms with Crippen molar-refractivity contribution in [2.45, 2.75) is 45.4 Å². The minimum Gasteiger partial charge on any atom is -0.494 e. The third-order valence-electron chi connectivity index (χ3n) is 6.73. The summed E-state index contributed by atoms with van der Waals surface area (Å²) in [5, 5.41) is 0. The van der Waals surface area contributed by atoms with Crippen molar-refractivity contribution in [3.8, 4) is 16.9 Å². The Morgan fingerprint density at radius 3 is 2.27 bits per heavy atom. The standard InChI is InChI=1S/C29H29F3O/c1-3-19-4-11-22(12-5-19)25-16-14-23(28(31)29(25)32)13-8-20-6-9-21(10-7-20)24-15-17-27(33-2)26(30)18-24/h6-7,9-11,14-19H,3-5,8,12-13H2,1-2H3. The van der Waals surface area contributed by atoms with Gasteiger partial charge in [-0.2, -0.15) is 0 Å². The van der Waals surface area contributed by atoms with Gasteiger partial charge in [-0.25, -0.2) is 13.2 Å². The molecular formula is C29H29F3O. The molecule has 0 N–H and O–H groups in total. The van der Waals surface area contributed by atoms with Crippen LogP contribution in [0.1, 0.15) is 49.3 Å². The zero-order valence-electron chi connectivity index (χ0n) is 19.1. The summed E-state index contributed by atoms with van der Waals surface area (Å²) in [6, 6.07) is 16.0. The van der Waals surface area contributed by atoms with Crippen molar-refractivity contribution >= 4 is 5.57 Å². The molecule has 1 atom stereocenters. The van der Waals surface area contributed by atoms with E-state index in [9.17, 15) is 13.2 Å². The van der Waals surface area contributed by atoms with Gasteiger partial charge in [0.05, 0.1) is 7.11 Å². The molecule has 0 aromatic heterocycles. The van der Waals surface area contributed by atoms with E-state index in [0.717, 1.165) is 47.9 Å². The first-order chi connectivity index (χ1) is 16.0. The Balaban J connectivity index is 1.43. The number of aryl methyl sites for hydroxylation is 2. The summed E-state index contributed by atoms with van der Waals surface area (Å²) in [6.07, 6.45) is 6.98. The molecular weight excluding hydrogens is 421 g/mol. The molecule has 33 heavy (non-hydrogen) atoms. The molecule has 0 spiro atoms. The van der Waals surface area contributed by atoms with Crippen LogP contribution >= 0.6 is 0 Å². The smallest absolute Gasteiger partial charge is 0.166 e. The normalized spacial score (nSPS) is 15.9. The Morgan fingerprint density at radius 1 is 0.879 bits per heavy atom. The molecule has 3 aromatic carbocycles. The number of benzene rings is 3. The minimum absolute atomic E-state index is 0.209. The van der Waals surface area contributed by atoms with Crippen LogP contribution in [0, 0.1) is 23.4 Å². The second-order valence-electron chi connectivity index (χ2n) is 8.72. The Bertz CT molecular complexity index is 1150. The molecule has 4 heteroatoms. The number of hydrogen-bond acceptors (Lipinski definition) is 1. The SMILES string of the molecule is CCC1CC=C(c2ccc(CCc3ccc(-c4ccc(OC)c(F)c4)cc3)c(F)c2F)CC1. The molecule has 172 valence electrons. The van der Waals surface area contributed by atoms with Crippen LogP contribution in [0.3, 0.4) is 0 Å². The lowest BCUT2D eigenvalue weighted by Gasteiger charge is -2.21. The number of allylic oxidation sites excluding steroid dienone is 2. The lowest BCUT2D eigenvalue weighted by molar-refractivity contribution is 0.386. The summed E-state index contributed by atoms with van der Waals surface area (Å²) in [6.45, 7) is 2.17. The van der Waals surface area contributed by atoms with Crippen LogP contribution < -0.4 is 4.74 Å². The fraction of sp³-hybridized carbons (Fsp3) is 0.310. The van der Waals surface area contributed by atoms with E-state index in [1.54, 1.807) is 24.3 Å². The molecule has 0 aliphatic heterocycles. The lowest BCUT2D eigenvalue weighted by atomic mass is 9.85. The van der Waals surface area contributed by atoms with Crippen molar-refractivity contribution in [2.24, 2.45) is 5.92 Å². The number of halogens is 3. The van der Waals surface area contributed by atoms with E-state index in [0.29, 0.717) is 29.9 Å². The van der Waals surface area contributed by atoms with E-state index in [-0.39, 0.29) is 5.75 Å². The van der Waals surface area contributed by atoms with Gasteiger partial charge in [0.2, 0.25) is 0 Å². The zero-order valence-corrected chi connectivity index (χ0v) is 19.1. The molecule has 0 radical (unpaired) electrons. The van der Waals surface area contributed by atoms with Crippen LogP contribution in [0.5, 0.6) is 5.75 Å². The number of rotatable bonds is 7. The Hall–Kier alpha value is -3.01. The van der Waals surface area contributed by atoms with E-state index in [2.05, 4.69) is 13.0 Å². The van der Waals surface area contributed by atoms with Gasteiger partial charge >= 0.3 is 0 Å². The highest BCUT2D eigenvalue weighted by Gasteiger charge is 2.20. The van der Waals surface area contributed by atoms with Crippen LogP contribution in [0.25, 0.3) is 16.7 Å². The summed E-state index contributed by atoms with van der Waals surface area (Å²) in [5.74, 6) is -1.02. The monoisotopic (exact) mass is 450 g/mol. The largest absolute Gasteiger partial charge is 0.494 e. The predicted molar refractivity (Wildman–Crippen MR) is 128 cm³/mol. The maximum Gasteiger partial charge on any atom is 0.166 e. The fourth-order valence-corrected chi connectivity index (χ4v) is 4.52. The van der Waals surface area contributed by atoms with Gasteiger partial charge in [-0.3, -0.25) is 0 Å². The van der Waals surface area contributed by atoms with Gasteiger partial charge in [-0.05, 0) is 78.0 Å². The molecule has 0 amide bonds. The van der Waals surface area contributed by atoms with Gasteiger partial charge in [-0.15, -0.1) is 0 Å². The van der Waals surface area contributed by atoms with Gasteiger partial charge in [0.1, 0.15) is 0 Å². The molecule has 0 bridgehead atoms. The second-order valence-corrected chi connectivity index (χ2v) is 8.72. The van der Waals surface area contributed by atoms with E-state index < -0.39 is 17.5 Å². The quantitative estimate of drug-likeness (QED) is 0.353. The van der Waals surface area contributed by atoms with Crippen molar-refractivity contribution in [3.05, 3.63) is 94.8 Å². The Kier molecular flexibility index (Phi) is 7.22. The first kappa shape index (κ1) is 23.2. The lowest BCUT2D eigenvalue weighted by Crippen LogP contribution is -2.07. The van der Waals surface area contributed by atoms with Crippen molar-refractivity contribution < 1.29 is 17.9 Å². The molecule has 0 saturated heterocycles. The number of methoxy groups -OCH3 is 1. The van der Waals surface area contributed by atoms with Crippen LogP contribution in [0.15, 0.2) is 60.7 Å². The highest BCUT2D eigenvalue weighted by molar-refractivity contribution is 5.67. The van der Waals surface area contributed by atoms with Crippen molar-refractivity contribution in [3.63, 3.8) is 0 Å². The third-order valence-corrected chi connectivity index (χ3v) is 6.73. The first-order valence-electron chi connectivity index (χ1n) is 11.6. The molecule has 0 heterocycles. The maximum absolute atomic E-state index is 14.8. The highest BCUT2D eigenvalue weighted by atomic mass is 19.2. The van der Waals surface area contributed by atoms with Crippen molar-refractivity contribution in [1.82, 2.24) is 0 Å². The van der Waals surface area contributed by atoms with Gasteiger partial charge in [-0.1, -0.05) is 61.9 Å². The van der Waals surface area contributed by atoms with E-state index in [4.69, 9.17) is 4.74 Å². The van der Waals surface area contributed by atoms with Gasteiger partial charge in [0, 0.05) is 5.56 Å². The molecule has 4 rings (SSSR count). The summed E-state index contributed by atoms with van der Waals surface area (Å²) >= 11 is 0. The first-order valence-corrected chi connectivity index (χ1v) is 11.6. The Labute approximate surface area is 193 Å². The van der Waals surface area contributed by atoms with Crippen LogP contribution in [-0.2, 0) is 12.8 Å².